The first-order valence-electron chi connectivity index (χ1n) is 7.54. The predicted octanol–water partition coefficient (Wildman–Crippen LogP) is 4.18. The van der Waals surface area contributed by atoms with E-state index in [9.17, 15) is 14.4 Å². The molecule has 0 saturated heterocycles. The first-order chi connectivity index (χ1) is 13.1. The molecule has 6 nitrogen and oxygen atoms in total. The van der Waals surface area contributed by atoms with Crippen molar-refractivity contribution < 1.29 is 23.9 Å². The van der Waals surface area contributed by atoms with Crippen LogP contribution in [0.25, 0.3) is 10.4 Å². The molecule has 0 atom stereocenters. The lowest BCUT2D eigenvalue weighted by Gasteiger charge is -2.09. The minimum absolute atomic E-state index is 0.155. The zero-order valence-electron chi connectivity index (χ0n) is 13.6. The molecule has 0 aliphatic rings. The van der Waals surface area contributed by atoms with Crippen LogP contribution in [-0.2, 0) is 9.53 Å². The van der Waals surface area contributed by atoms with Crippen molar-refractivity contribution in [3.8, 4) is 16.2 Å². The Balaban J connectivity index is 1.65. The first kappa shape index (κ1) is 19.0. The van der Waals surface area contributed by atoms with Crippen LogP contribution >= 0.6 is 32.9 Å². The zero-order valence-corrected chi connectivity index (χ0v) is 16.1. The van der Waals surface area contributed by atoms with Crippen molar-refractivity contribution in [2.24, 2.45) is 0 Å². The molecule has 9 heteroatoms. The topological polar surface area (TPSA) is 82.6 Å². The van der Waals surface area contributed by atoms with Crippen molar-refractivity contribution in [2.45, 2.75) is 0 Å². The zero-order chi connectivity index (χ0) is 19.2. The van der Waals surface area contributed by atoms with Gasteiger partial charge in [0.15, 0.2) is 12.9 Å². The van der Waals surface area contributed by atoms with E-state index in [0.717, 1.165) is 14.3 Å². The number of carbonyl (C=O) groups excluding carboxylic acids is 3. The third-order valence-electron chi connectivity index (χ3n) is 3.33. The number of ether oxygens (including phenoxy) is 2. The molecule has 3 aromatic rings. The number of hydrogen-bond donors (Lipinski definition) is 0. The molecule has 1 aromatic carbocycles. The Hall–Kier alpha value is -2.75. The van der Waals surface area contributed by atoms with E-state index >= 15 is 0 Å². The standard InChI is InChI=1S/C18H11NO5S3/c20-9-13-6-11(15-7-17(25)27-26-15)3-4-14(13)23-10-16(21)24-18(22)12-2-1-5-19-8-12/h1-9H,10H2. The van der Waals surface area contributed by atoms with Gasteiger partial charge < -0.3 is 9.47 Å². The fraction of sp³-hybridized carbons (Fsp3) is 0.0556. The molecule has 0 radical (unpaired) electrons. The van der Waals surface area contributed by atoms with Gasteiger partial charge in [0, 0.05) is 17.3 Å². The number of aromatic nitrogens is 1. The number of nitrogens with zero attached hydrogens (tertiary/aromatic N) is 1. The van der Waals surface area contributed by atoms with Gasteiger partial charge in [0.05, 0.1) is 11.1 Å². The molecule has 2 heterocycles. The number of rotatable bonds is 6. The molecule has 0 aliphatic carbocycles. The van der Waals surface area contributed by atoms with Gasteiger partial charge in [0.1, 0.15) is 9.57 Å². The van der Waals surface area contributed by atoms with Crippen molar-refractivity contribution in [1.82, 2.24) is 4.98 Å². The number of hydrogen-bond acceptors (Lipinski definition) is 9. The quantitative estimate of drug-likeness (QED) is 0.196. The Morgan fingerprint density at radius 2 is 2.04 bits per heavy atom. The molecule has 2 aromatic heterocycles. The average Bonchev–Trinajstić information content (AvgIpc) is 3.13. The van der Waals surface area contributed by atoms with Crippen LogP contribution < -0.4 is 4.74 Å². The van der Waals surface area contributed by atoms with Crippen LogP contribution in [0.5, 0.6) is 5.75 Å². The van der Waals surface area contributed by atoms with Gasteiger partial charge >= 0.3 is 11.9 Å². The lowest BCUT2D eigenvalue weighted by Crippen LogP contribution is -2.19. The fourth-order valence-corrected chi connectivity index (χ4v) is 4.50. The van der Waals surface area contributed by atoms with Gasteiger partial charge in [-0.15, -0.1) is 0 Å². The van der Waals surface area contributed by atoms with Crippen LogP contribution in [0, 0.1) is 3.82 Å². The lowest BCUT2D eigenvalue weighted by atomic mass is 10.1. The Kier molecular flexibility index (Phi) is 6.17. The van der Waals surface area contributed by atoms with Crippen LogP contribution in [0.1, 0.15) is 20.7 Å². The highest BCUT2D eigenvalue weighted by atomic mass is 32.9. The molecule has 0 bridgehead atoms. The van der Waals surface area contributed by atoms with Crippen molar-refractivity contribution in [1.29, 1.82) is 0 Å². The van der Waals surface area contributed by atoms with Crippen LogP contribution in [0.4, 0.5) is 0 Å². The maximum Gasteiger partial charge on any atom is 0.352 e. The summed E-state index contributed by atoms with van der Waals surface area (Å²) >= 11 is 5.11. The van der Waals surface area contributed by atoms with E-state index < -0.39 is 18.5 Å². The van der Waals surface area contributed by atoms with Crippen molar-refractivity contribution in [3.05, 3.63) is 63.7 Å². The summed E-state index contributed by atoms with van der Waals surface area (Å²) in [5, 5.41) is 0. The van der Waals surface area contributed by atoms with Gasteiger partial charge in [-0.25, -0.2) is 9.59 Å². The normalized spacial score (nSPS) is 10.2. The van der Waals surface area contributed by atoms with Crippen LogP contribution in [0.15, 0.2) is 48.8 Å². The van der Waals surface area contributed by atoms with Gasteiger partial charge in [-0.1, -0.05) is 32.9 Å². The molecule has 3 rings (SSSR count). The molecule has 0 spiro atoms. The van der Waals surface area contributed by atoms with Gasteiger partial charge in [0.2, 0.25) is 0 Å². The van der Waals surface area contributed by atoms with E-state index in [4.69, 9.17) is 17.0 Å². The van der Waals surface area contributed by atoms with Gasteiger partial charge in [-0.05, 0) is 42.0 Å². The summed E-state index contributed by atoms with van der Waals surface area (Å²) in [6, 6.07) is 9.90. The van der Waals surface area contributed by atoms with Crippen LogP contribution in [-0.4, -0.2) is 29.8 Å². The Labute approximate surface area is 166 Å². The molecule has 0 N–H and O–H groups in total. The minimum Gasteiger partial charge on any atom is -0.481 e. The highest BCUT2D eigenvalue weighted by Gasteiger charge is 2.15. The molecule has 0 fully saturated rings. The largest absolute Gasteiger partial charge is 0.481 e. The highest BCUT2D eigenvalue weighted by Crippen LogP contribution is 2.32. The molecule has 27 heavy (non-hydrogen) atoms. The Bertz CT molecular complexity index is 1040. The second-order valence-electron chi connectivity index (χ2n) is 5.16. The summed E-state index contributed by atoms with van der Waals surface area (Å²) in [7, 11) is 2.99. The Morgan fingerprint density at radius 1 is 1.19 bits per heavy atom. The molecule has 0 saturated carbocycles. The van der Waals surface area contributed by atoms with Crippen LogP contribution in [0.2, 0.25) is 0 Å². The SMILES string of the molecule is O=Cc1cc(-c2cc(=S)ss2)ccc1OCC(=O)OC(=O)c1cccnc1. The van der Waals surface area contributed by atoms with Crippen molar-refractivity contribution >= 4 is 51.1 Å². The maximum absolute atomic E-state index is 11.8. The van der Waals surface area contributed by atoms with E-state index in [-0.39, 0.29) is 16.9 Å². The van der Waals surface area contributed by atoms with Gasteiger partial charge in [0.25, 0.3) is 0 Å². The molecule has 136 valence electrons. The summed E-state index contributed by atoms with van der Waals surface area (Å²) < 4.78 is 10.8. The molecular weight excluding hydrogens is 406 g/mol. The van der Waals surface area contributed by atoms with E-state index in [2.05, 4.69) is 9.72 Å². The lowest BCUT2D eigenvalue weighted by molar-refractivity contribution is -0.140. The molecule has 0 aliphatic heterocycles. The smallest absolute Gasteiger partial charge is 0.352 e. The summed E-state index contributed by atoms with van der Waals surface area (Å²) in [5.41, 5.74) is 1.27. The van der Waals surface area contributed by atoms with E-state index in [0.29, 0.717) is 6.29 Å². The third kappa shape index (κ3) is 4.91. The minimum atomic E-state index is -0.874. The van der Waals surface area contributed by atoms with Crippen LogP contribution in [0.3, 0.4) is 0 Å². The van der Waals surface area contributed by atoms with Crippen molar-refractivity contribution in [2.75, 3.05) is 6.61 Å². The number of esters is 2. The van der Waals surface area contributed by atoms with E-state index in [1.807, 2.05) is 6.07 Å². The van der Waals surface area contributed by atoms with Crippen molar-refractivity contribution in [3.63, 3.8) is 0 Å². The maximum atomic E-state index is 11.8. The predicted molar refractivity (Wildman–Crippen MR) is 104 cm³/mol. The third-order valence-corrected chi connectivity index (χ3v) is 6.24. The van der Waals surface area contributed by atoms with E-state index in [1.165, 1.54) is 39.1 Å². The summed E-state index contributed by atoms with van der Waals surface area (Å²) in [6.45, 7) is -0.510. The monoisotopic (exact) mass is 417 g/mol. The number of aldehydes is 1. The number of carbonyl (C=O) groups is 3. The summed E-state index contributed by atoms with van der Waals surface area (Å²) in [6.07, 6.45) is 3.43. The first-order valence-corrected chi connectivity index (χ1v) is 10.1. The van der Waals surface area contributed by atoms with E-state index in [1.54, 1.807) is 24.3 Å². The molecule has 0 unspecified atom stereocenters. The molecular formula is C18H11NO5S3. The highest BCUT2D eigenvalue weighted by molar-refractivity contribution is 7.80. The second-order valence-corrected chi connectivity index (χ2v) is 8.07. The molecule has 0 amide bonds. The summed E-state index contributed by atoms with van der Waals surface area (Å²) in [4.78, 5) is 39.7. The van der Waals surface area contributed by atoms with Gasteiger partial charge in [-0.3, -0.25) is 9.78 Å². The second kappa shape index (κ2) is 8.76. The fourth-order valence-electron chi connectivity index (χ4n) is 2.11. The van der Waals surface area contributed by atoms with Gasteiger partial charge in [-0.2, -0.15) is 0 Å². The Morgan fingerprint density at radius 3 is 2.70 bits per heavy atom. The summed E-state index contributed by atoms with van der Waals surface area (Å²) in [5.74, 6) is -1.47. The number of benzene rings is 1. The average molecular weight is 417 g/mol. The number of pyridine rings is 1.